The zero-order valence-electron chi connectivity index (χ0n) is 9.32. The van der Waals surface area contributed by atoms with Gasteiger partial charge in [-0.2, -0.15) is 0 Å². The second-order valence-corrected chi connectivity index (χ2v) is 4.78. The molecule has 0 fully saturated rings. The van der Waals surface area contributed by atoms with Gasteiger partial charge in [0.05, 0.1) is 15.1 Å². The average Bonchev–Trinajstić information content (AvgIpc) is 2.81. The van der Waals surface area contributed by atoms with Crippen LogP contribution >= 0.6 is 34.8 Å². The molecule has 0 unspecified atom stereocenters. The van der Waals surface area contributed by atoms with Crippen LogP contribution in [0.2, 0.25) is 15.1 Å². The fraction of sp³-hybridized carbons (Fsp3) is 0.0833. The largest absolute Gasteiger partial charge is 0.484 e. The fourth-order valence-electron chi connectivity index (χ4n) is 1.33. The summed E-state index contributed by atoms with van der Waals surface area (Å²) in [6.45, 7) is 0.0327. The number of halogens is 3. The highest BCUT2D eigenvalue weighted by Crippen LogP contribution is 2.34. The molecule has 2 aromatic rings. The third kappa shape index (κ3) is 3.35. The summed E-state index contributed by atoms with van der Waals surface area (Å²) in [6.07, 6.45) is 0. The number of rotatable bonds is 4. The minimum absolute atomic E-state index is 0.0327. The molecule has 0 saturated heterocycles. The number of carboxylic acid groups (broad SMARTS) is 1. The average molecular weight is 322 g/mol. The molecule has 1 aromatic carbocycles. The van der Waals surface area contributed by atoms with Crippen LogP contribution in [-0.2, 0) is 6.61 Å². The van der Waals surface area contributed by atoms with E-state index in [0.717, 1.165) is 0 Å². The van der Waals surface area contributed by atoms with Crippen molar-refractivity contribution in [3.63, 3.8) is 0 Å². The lowest BCUT2D eigenvalue weighted by atomic mass is 10.3. The summed E-state index contributed by atoms with van der Waals surface area (Å²) < 4.78 is 10.4. The van der Waals surface area contributed by atoms with Crippen LogP contribution in [-0.4, -0.2) is 11.1 Å². The highest BCUT2D eigenvalue weighted by atomic mass is 35.5. The monoisotopic (exact) mass is 320 g/mol. The lowest BCUT2D eigenvalue weighted by Gasteiger charge is -2.07. The van der Waals surface area contributed by atoms with Crippen molar-refractivity contribution < 1.29 is 19.1 Å². The second-order valence-electron chi connectivity index (χ2n) is 3.56. The highest BCUT2D eigenvalue weighted by molar-refractivity contribution is 6.43. The van der Waals surface area contributed by atoms with Crippen LogP contribution in [0.5, 0.6) is 5.75 Å². The van der Waals surface area contributed by atoms with Crippen LogP contribution in [0.15, 0.2) is 28.7 Å². The molecule has 0 bridgehead atoms. The summed E-state index contributed by atoms with van der Waals surface area (Å²) in [5, 5.41) is 9.65. The molecule has 100 valence electrons. The summed E-state index contributed by atoms with van der Waals surface area (Å²) in [6, 6.07) is 5.80. The summed E-state index contributed by atoms with van der Waals surface area (Å²) in [5.41, 5.74) is 0. The molecule has 1 heterocycles. The van der Waals surface area contributed by atoms with Gasteiger partial charge in [0.15, 0.2) is 0 Å². The molecule has 0 aliphatic heterocycles. The van der Waals surface area contributed by atoms with Crippen LogP contribution < -0.4 is 4.74 Å². The van der Waals surface area contributed by atoms with Gasteiger partial charge in [-0.15, -0.1) is 0 Å². The van der Waals surface area contributed by atoms with Crippen molar-refractivity contribution in [3.8, 4) is 5.75 Å². The van der Waals surface area contributed by atoms with Gasteiger partial charge in [0.1, 0.15) is 18.1 Å². The first-order valence-corrected chi connectivity index (χ1v) is 6.20. The van der Waals surface area contributed by atoms with Crippen LogP contribution in [0, 0.1) is 0 Å². The molecule has 0 radical (unpaired) electrons. The summed E-state index contributed by atoms with van der Waals surface area (Å²) >= 11 is 17.6. The van der Waals surface area contributed by atoms with E-state index >= 15 is 0 Å². The standard InChI is InChI=1S/C12H7Cl3O4/c13-7-3-9(15)11(4-8(7)14)18-5-6-1-2-10(19-6)12(16)17/h1-4H,5H2,(H,16,17). The first-order chi connectivity index (χ1) is 8.97. The Morgan fingerprint density at radius 2 is 1.84 bits per heavy atom. The Labute approximate surface area is 123 Å². The van der Waals surface area contributed by atoms with Crippen molar-refractivity contribution in [1.82, 2.24) is 0 Å². The number of ether oxygens (including phenoxy) is 1. The number of carbonyl (C=O) groups is 1. The molecule has 4 nitrogen and oxygen atoms in total. The Morgan fingerprint density at radius 1 is 1.16 bits per heavy atom. The predicted molar refractivity (Wildman–Crippen MR) is 71.5 cm³/mol. The number of hydrogen-bond acceptors (Lipinski definition) is 3. The van der Waals surface area contributed by atoms with Crippen molar-refractivity contribution in [2.45, 2.75) is 6.61 Å². The third-order valence-electron chi connectivity index (χ3n) is 2.22. The minimum atomic E-state index is -1.14. The van der Waals surface area contributed by atoms with Gasteiger partial charge in [-0.3, -0.25) is 0 Å². The molecule has 0 saturated carbocycles. The van der Waals surface area contributed by atoms with E-state index in [-0.39, 0.29) is 12.4 Å². The van der Waals surface area contributed by atoms with Crippen molar-refractivity contribution in [3.05, 3.63) is 50.9 Å². The zero-order valence-corrected chi connectivity index (χ0v) is 11.6. The van der Waals surface area contributed by atoms with E-state index in [4.69, 9.17) is 49.1 Å². The Balaban J connectivity index is 2.09. The number of carboxylic acids is 1. The van der Waals surface area contributed by atoms with E-state index in [1.165, 1.54) is 24.3 Å². The van der Waals surface area contributed by atoms with E-state index in [1.807, 2.05) is 0 Å². The Bertz CT molecular complexity index is 621. The van der Waals surface area contributed by atoms with E-state index in [0.29, 0.717) is 26.6 Å². The van der Waals surface area contributed by atoms with Gasteiger partial charge in [-0.05, 0) is 18.2 Å². The number of benzene rings is 1. The second kappa shape index (κ2) is 5.74. The van der Waals surface area contributed by atoms with E-state index in [9.17, 15) is 4.79 Å². The number of aromatic carboxylic acids is 1. The van der Waals surface area contributed by atoms with Crippen LogP contribution in [0.1, 0.15) is 16.3 Å². The normalized spacial score (nSPS) is 10.5. The van der Waals surface area contributed by atoms with E-state index < -0.39 is 5.97 Å². The minimum Gasteiger partial charge on any atom is -0.484 e. The summed E-state index contributed by atoms with van der Waals surface area (Å²) in [5.74, 6) is -0.596. The van der Waals surface area contributed by atoms with Crippen LogP contribution in [0.3, 0.4) is 0 Å². The number of hydrogen-bond donors (Lipinski definition) is 1. The molecule has 7 heteroatoms. The zero-order chi connectivity index (χ0) is 14.0. The van der Waals surface area contributed by atoms with Crippen LogP contribution in [0.4, 0.5) is 0 Å². The molecule has 0 atom stereocenters. The fourth-order valence-corrected chi connectivity index (χ4v) is 1.93. The van der Waals surface area contributed by atoms with Gasteiger partial charge < -0.3 is 14.3 Å². The lowest BCUT2D eigenvalue weighted by molar-refractivity contribution is 0.0658. The third-order valence-corrected chi connectivity index (χ3v) is 3.23. The smallest absolute Gasteiger partial charge is 0.371 e. The van der Waals surface area contributed by atoms with Crippen LogP contribution in [0.25, 0.3) is 0 Å². The Hall–Kier alpha value is -1.36. The van der Waals surface area contributed by atoms with Crippen molar-refractivity contribution in [2.75, 3.05) is 0 Å². The Morgan fingerprint density at radius 3 is 2.47 bits per heavy atom. The van der Waals surface area contributed by atoms with Crippen molar-refractivity contribution in [1.29, 1.82) is 0 Å². The molecule has 2 rings (SSSR count). The maximum absolute atomic E-state index is 10.6. The summed E-state index contributed by atoms with van der Waals surface area (Å²) in [4.78, 5) is 10.6. The quantitative estimate of drug-likeness (QED) is 0.841. The van der Waals surface area contributed by atoms with Crippen molar-refractivity contribution in [2.24, 2.45) is 0 Å². The molecule has 1 N–H and O–H groups in total. The topological polar surface area (TPSA) is 59.7 Å². The van der Waals surface area contributed by atoms with Gasteiger partial charge in [0.25, 0.3) is 0 Å². The lowest BCUT2D eigenvalue weighted by Crippen LogP contribution is -1.96. The molecular weight excluding hydrogens is 314 g/mol. The predicted octanol–water partition coefficient (Wildman–Crippen LogP) is 4.52. The highest BCUT2D eigenvalue weighted by Gasteiger charge is 2.11. The Kier molecular flexibility index (Phi) is 4.24. The van der Waals surface area contributed by atoms with Gasteiger partial charge in [-0.1, -0.05) is 34.8 Å². The van der Waals surface area contributed by atoms with Gasteiger partial charge in [-0.25, -0.2) is 4.79 Å². The molecule has 0 spiro atoms. The maximum Gasteiger partial charge on any atom is 0.371 e. The maximum atomic E-state index is 10.6. The van der Waals surface area contributed by atoms with E-state index in [2.05, 4.69) is 0 Å². The molecule has 19 heavy (non-hydrogen) atoms. The molecular formula is C12H7Cl3O4. The van der Waals surface area contributed by atoms with Gasteiger partial charge in [0, 0.05) is 6.07 Å². The van der Waals surface area contributed by atoms with Crippen molar-refractivity contribution >= 4 is 40.8 Å². The molecule has 0 aliphatic rings. The van der Waals surface area contributed by atoms with E-state index in [1.54, 1.807) is 0 Å². The molecule has 1 aromatic heterocycles. The molecule has 0 amide bonds. The number of furan rings is 1. The molecule has 0 aliphatic carbocycles. The summed E-state index contributed by atoms with van der Waals surface area (Å²) in [7, 11) is 0. The van der Waals surface area contributed by atoms with Gasteiger partial charge >= 0.3 is 5.97 Å². The van der Waals surface area contributed by atoms with Gasteiger partial charge in [0.2, 0.25) is 5.76 Å². The first kappa shape index (κ1) is 14.1. The SMILES string of the molecule is O=C(O)c1ccc(COc2cc(Cl)c(Cl)cc2Cl)o1. The first-order valence-electron chi connectivity index (χ1n) is 5.06.